The van der Waals surface area contributed by atoms with Crippen LogP contribution in [0.4, 0.5) is 0 Å². The number of H-pyrrole nitrogens is 2. The van der Waals surface area contributed by atoms with Crippen LogP contribution in [0.5, 0.6) is 0 Å². The van der Waals surface area contributed by atoms with Crippen LogP contribution in [0.2, 0.25) is 10.0 Å². The van der Waals surface area contributed by atoms with Gasteiger partial charge < -0.3 is 0 Å². The molecule has 0 bridgehead atoms. The summed E-state index contributed by atoms with van der Waals surface area (Å²) in [7, 11) is 2.84. The molecule has 0 amide bonds. The zero-order chi connectivity index (χ0) is 16.9. The van der Waals surface area contributed by atoms with Gasteiger partial charge in [0.15, 0.2) is 5.39 Å². The summed E-state index contributed by atoms with van der Waals surface area (Å²) < 4.78 is 2.17. The number of nitrogens with one attached hydrogen (secondary N) is 2. The molecule has 2 heterocycles. The van der Waals surface area contributed by atoms with Gasteiger partial charge in [0.25, 0.3) is 5.56 Å². The summed E-state index contributed by atoms with van der Waals surface area (Å²) in [6.07, 6.45) is 0. The van der Waals surface area contributed by atoms with Gasteiger partial charge in [0.2, 0.25) is 5.65 Å². The highest BCUT2D eigenvalue weighted by molar-refractivity contribution is 6.42. The van der Waals surface area contributed by atoms with Crippen LogP contribution in [-0.2, 0) is 14.1 Å². The second-order valence-electron chi connectivity index (χ2n) is 5.01. The van der Waals surface area contributed by atoms with Crippen molar-refractivity contribution in [2.75, 3.05) is 0 Å². The van der Waals surface area contributed by atoms with E-state index in [1.165, 1.54) is 18.7 Å². The normalized spacial score (nSPS) is 11.1. The lowest BCUT2D eigenvalue weighted by Crippen LogP contribution is -2.43. The van der Waals surface area contributed by atoms with Crippen molar-refractivity contribution in [3.8, 4) is 11.3 Å². The van der Waals surface area contributed by atoms with Crippen molar-refractivity contribution in [2.24, 2.45) is 14.1 Å². The number of aromatic nitrogens is 4. The van der Waals surface area contributed by atoms with Crippen LogP contribution in [0.25, 0.3) is 22.3 Å². The second-order valence-corrected chi connectivity index (χ2v) is 5.83. The van der Waals surface area contributed by atoms with E-state index in [0.717, 1.165) is 4.57 Å². The van der Waals surface area contributed by atoms with E-state index in [1.807, 2.05) is 0 Å². The minimum absolute atomic E-state index is 0.128. The van der Waals surface area contributed by atoms with Crippen molar-refractivity contribution < 1.29 is 4.98 Å². The first kappa shape index (κ1) is 15.5. The summed E-state index contributed by atoms with van der Waals surface area (Å²) in [4.78, 5) is 41.5. The van der Waals surface area contributed by atoms with E-state index in [1.54, 1.807) is 18.2 Å². The maximum atomic E-state index is 12.5. The van der Waals surface area contributed by atoms with Crippen LogP contribution >= 0.6 is 23.2 Å². The van der Waals surface area contributed by atoms with Crippen molar-refractivity contribution >= 4 is 34.2 Å². The predicted octanol–water partition coefficient (Wildman–Crippen LogP) is 0.713. The Hall–Kier alpha value is -2.38. The summed E-state index contributed by atoms with van der Waals surface area (Å²) >= 11 is 11.9. The summed E-state index contributed by atoms with van der Waals surface area (Å²) in [6.45, 7) is 0. The molecule has 0 saturated heterocycles. The number of hydrogen-bond acceptors (Lipinski definition) is 3. The smallest absolute Gasteiger partial charge is 0.268 e. The second kappa shape index (κ2) is 5.36. The highest BCUT2D eigenvalue weighted by Gasteiger charge is 2.21. The third kappa shape index (κ3) is 2.38. The Morgan fingerprint density at radius 1 is 1.04 bits per heavy atom. The van der Waals surface area contributed by atoms with E-state index in [2.05, 4.69) is 9.97 Å². The average molecular weight is 354 g/mol. The molecule has 0 radical (unpaired) electrons. The number of aryl methyl sites for hydroxylation is 1. The van der Waals surface area contributed by atoms with Crippen LogP contribution in [0.1, 0.15) is 0 Å². The minimum Gasteiger partial charge on any atom is -0.268 e. The number of benzene rings is 1. The van der Waals surface area contributed by atoms with Gasteiger partial charge in [0.05, 0.1) is 17.1 Å². The Bertz CT molecular complexity index is 1130. The molecule has 0 unspecified atom stereocenters. The molecule has 7 nitrogen and oxygen atoms in total. The molecule has 3 aromatic rings. The molecular weight excluding hydrogens is 343 g/mol. The minimum atomic E-state index is -0.554. The van der Waals surface area contributed by atoms with Crippen LogP contribution in [0, 0.1) is 0 Å². The van der Waals surface area contributed by atoms with Crippen LogP contribution in [0.15, 0.2) is 32.6 Å². The number of hydrogen-bond donors (Lipinski definition) is 1. The van der Waals surface area contributed by atoms with Gasteiger partial charge in [-0.1, -0.05) is 23.2 Å². The average Bonchev–Trinajstić information content (AvgIpc) is 2.52. The third-order valence-electron chi connectivity index (χ3n) is 3.59. The molecule has 0 spiro atoms. The van der Waals surface area contributed by atoms with Gasteiger partial charge in [-0.05, 0) is 18.2 Å². The molecule has 0 atom stereocenters. The van der Waals surface area contributed by atoms with Gasteiger partial charge in [-0.25, -0.2) is 28.7 Å². The van der Waals surface area contributed by atoms with Crippen LogP contribution < -0.4 is 21.9 Å². The molecule has 3 rings (SSSR count). The Balaban J connectivity index is 2.56. The lowest BCUT2D eigenvalue weighted by Gasteiger charge is -2.06. The number of rotatable bonds is 1. The largest absolute Gasteiger partial charge is 0.439 e. The maximum absolute atomic E-state index is 12.5. The topological polar surface area (TPSA) is 91.0 Å². The SMILES string of the molecule is Cn1c(=O)c2c(-c3ccc(Cl)c(Cl)c3)[nH]c(=O)[nH+]c2n(C)c1=O. The lowest BCUT2D eigenvalue weighted by atomic mass is 10.1. The molecule has 0 aliphatic heterocycles. The Morgan fingerprint density at radius 2 is 1.74 bits per heavy atom. The highest BCUT2D eigenvalue weighted by Crippen LogP contribution is 2.28. The molecule has 1 aromatic carbocycles. The van der Waals surface area contributed by atoms with Gasteiger partial charge in [-0.15, -0.1) is 0 Å². The number of nitrogens with zero attached hydrogens (tertiary/aromatic N) is 2. The van der Waals surface area contributed by atoms with Crippen molar-refractivity contribution in [1.82, 2.24) is 14.1 Å². The fourth-order valence-corrected chi connectivity index (χ4v) is 2.70. The van der Waals surface area contributed by atoms with Crippen LogP contribution in [-0.4, -0.2) is 14.1 Å². The predicted molar refractivity (Wildman–Crippen MR) is 87.1 cm³/mol. The lowest BCUT2D eigenvalue weighted by molar-refractivity contribution is -0.374. The molecule has 23 heavy (non-hydrogen) atoms. The molecule has 2 N–H and O–H groups in total. The highest BCUT2D eigenvalue weighted by atomic mass is 35.5. The molecule has 9 heteroatoms. The van der Waals surface area contributed by atoms with E-state index in [4.69, 9.17) is 23.2 Å². The number of fused-ring (bicyclic) bond motifs is 1. The fourth-order valence-electron chi connectivity index (χ4n) is 2.40. The van der Waals surface area contributed by atoms with Crippen LogP contribution in [0.3, 0.4) is 0 Å². The zero-order valence-electron chi connectivity index (χ0n) is 12.1. The third-order valence-corrected chi connectivity index (χ3v) is 4.33. The molecule has 2 aromatic heterocycles. The van der Waals surface area contributed by atoms with E-state index in [9.17, 15) is 14.4 Å². The summed E-state index contributed by atoms with van der Waals surface area (Å²) in [5.41, 5.74) is -0.726. The molecule has 118 valence electrons. The summed E-state index contributed by atoms with van der Waals surface area (Å²) in [5.74, 6) is 0. The molecule has 0 saturated carbocycles. The standard InChI is InChI=1S/C14H10Cl2N4O3/c1-19-11-9(12(21)20(2)14(19)23)10(17-13(22)18-11)6-3-4-7(15)8(16)5-6/h3-5H,1-2H3,(H,17,18,22)/p+1. The Kier molecular flexibility index (Phi) is 3.62. The summed E-state index contributed by atoms with van der Waals surface area (Å²) in [6, 6.07) is 4.73. The van der Waals surface area contributed by atoms with Crippen molar-refractivity contribution in [2.45, 2.75) is 0 Å². The fraction of sp³-hybridized carbons (Fsp3) is 0.143. The monoisotopic (exact) mass is 353 g/mol. The van der Waals surface area contributed by atoms with E-state index >= 15 is 0 Å². The van der Waals surface area contributed by atoms with Gasteiger partial charge in [-0.2, -0.15) is 0 Å². The van der Waals surface area contributed by atoms with Gasteiger partial charge >= 0.3 is 11.4 Å². The number of aromatic amines is 2. The first-order chi connectivity index (χ1) is 10.8. The first-order valence-corrected chi connectivity index (χ1v) is 7.27. The molecule has 0 fully saturated rings. The summed E-state index contributed by atoms with van der Waals surface area (Å²) in [5, 5.41) is 0.810. The van der Waals surface area contributed by atoms with Gasteiger partial charge in [0.1, 0.15) is 5.69 Å². The molecule has 0 aliphatic carbocycles. The first-order valence-electron chi connectivity index (χ1n) is 6.52. The van der Waals surface area contributed by atoms with Crippen molar-refractivity contribution in [3.63, 3.8) is 0 Å². The van der Waals surface area contributed by atoms with Crippen molar-refractivity contribution in [3.05, 3.63) is 59.6 Å². The maximum Gasteiger partial charge on any atom is 0.439 e. The quantitative estimate of drug-likeness (QED) is 0.698. The van der Waals surface area contributed by atoms with E-state index in [0.29, 0.717) is 10.6 Å². The van der Waals surface area contributed by atoms with E-state index < -0.39 is 16.9 Å². The van der Waals surface area contributed by atoms with Gasteiger partial charge in [0, 0.05) is 12.6 Å². The number of halogens is 2. The Morgan fingerprint density at radius 3 is 2.39 bits per heavy atom. The van der Waals surface area contributed by atoms with Gasteiger partial charge in [-0.3, -0.25) is 4.79 Å². The Labute approximate surface area is 138 Å². The van der Waals surface area contributed by atoms with Crippen molar-refractivity contribution in [1.29, 1.82) is 0 Å². The molecular formula is C14H11Cl2N4O3+. The zero-order valence-corrected chi connectivity index (χ0v) is 13.6. The molecule has 0 aliphatic rings. The van der Waals surface area contributed by atoms with E-state index in [-0.39, 0.29) is 21.7 Å².